The second-order valence-electron chi connectivity index (χ2n) is 4.87. The number of nitrogens with zero attached hydrogens (tertiary/aromatic N) is 3. The summed E-state index contributed by atoms with van der Waals surface area (Å²) in [6.45, 7) is 1.90. The Bertz CT molecular complexity index is 839. The summed E-state index contributed by atoms with van der Waals surface area (Å²) in [6, 6.07) is 6.79. The van der Waals surface area contributed by atoms with Gasteiger partial charge in [0.25, 0.3) is 0 Å². The highest BCUT2D eigenvalue weighted by Gasteiger charge is 2.13. The van der Waals surface area contributed by atoms with Gasteiger partial charge in [-0.15, -0.1) is 0 Å². The van der Waals surface area contributed by atoms with E-state index in [9.17, 15) is 4.39 Å². The van der Waals surface area contributed by atoms with Crippen molar-refractivity contribution in [2.75, 3.05) is 11.1 Å². The van der Waals surface area contributed by atoms with Gasteiger partial charge in [0.2, 0.25) is 0 Å². The predicted octanol–water partition coefficient (Wildman–Crippen LogP) is 3.68. The third-order valence-corrected chi connectivity index (χ3v) is 3.69. The number of aromatic nitrogens is 3. The third kappa shape index (κ3) is 2.85. The fraction of sp³-hybridized carbons (Fsp3) is 0.133. The van der Waals surface area contributed by atoms with E-state index >= 15 is 0 Å². The molecule has 7 heteroatoms. The van der Waals surface area contributed by atoms with Crippen LogP contribution in [0.4, 0.5) is 16.0 Å². The first-order valence-electron chi connectivity index (χ1n) is 6.63. The topological polar surface area (TPSA) is 76.7 Å². The summed E-state index contributed by atoms with van der Waals surface area (Å²) < 4.78 is 14.7. The van der Waals surface area contributed by atoms with E-state index in [-0.39, 0.29) is 17.7 Å². The molecule has 3 rings (SSSR count). The number of nitrogens with one attached hydrogen (secondary N) is 1. The monoisotopic (exact) mass is 361 g/mol. The number of hydrogen-bond donors (Lipinski definition) is 2. The van der Waals surface area contributed by atoms with Crippen LogP contribution in [0.5, 0.6) is 0 Å². The highest BCUT2D eigenvalue weighted by atomic mass is 79.9. The summed E-state index contributed by atoms with van der Waals surface area (Å²) in [7, 11) is 0. The fourth-order valence-electron chi connectivity index (χ4n) is 2.20. The average Bonchev–Trinajstić information content (AvgIpc) is 2.50. The molecule has 0 spiro atoms. The number of hydrogen-bond acceptors (Lipinski definition) is 5. The van der Waals surface area contributed by atoms with Gasteiger partial charge in [-0.25, -0.2) is 14.4 Å². The van der Waals surface area contributed by atoms with Gasteiger partial charge >= 0.3 is 0 Å². The molecule has 0 saturated carbocycles. The second-order valence-corrected chi connectivity index (χ2v) is 5.68. The molecule has 1 atom stereocenters. The molecule has 2 aromatic heterocycles. The molecule has 0 bridgehead atoms. The molecule has 3 N–H and O–H groups in total. The molecule has 0 aliphatic carbocycles. The Hall–Kier alpha value is -2.28. The number of pyridine rings is 1. The molecule has 5 nitrogen and oxygen atoms in total. The number of nitrogen functional groups attached to an aromatic ring is 1. The zero-order chi connectivity index (χ0) is 15.7. The van der Waals surface area contributed by atoms with Gasteiger partial charge in [0.15, 0.2) is 11.6 Å². The summed E-state index contributed by atoms with van der Waals surface area (Å²) >= 11 is 3.21. The molecule has 1 aromatic carbocycles. The van der Waals surface area contributed by atoms with Crippen LogP contribution in [0.1, 0.15) is 18.5 Å². The Labute approximate surface area is 134 Å². The van der Waals surface area contributed by atoms with Gasteiger partial charge in [0.1, 0.15) is 15.9 Å². The Morgan fingerprint density at radius 2 is 2.14 bits per heavy atom. The second kappa shape index (κ2) is 5.84. The van der Waals surface area contributed by atoms with Crippen molar-refractivity contribution in [2.45, 2.75) is 13.0 Å². The molecule has 3 aromatic rings. The minimum Gasteiger partial charge on any atom is -0.381 e. The van der Waals surface area contributed by atoms with Gasteiger partial charge in [0.05, 0.1) is 12.2 Å². The van der Waals surface area contributed by atoms with Crippen molar-refractivity contribution in [3.63, 3.8) is 0 Å². The molecule has 1 unspecified atom stereocenters. The minimum absolute atomic E-state index is 0.183. The van der Waals surface area contributed by atoms with Crippen molar-refractivity contribution in [3.05, 3.63) is 52.6 Å². The van der Waals surface area contributed by atoms with Gasteiger partial charge in [0, 0.05) is 11.6 Å². The lowest BCUT2D eigenvalue weighted by Gasteiger charge is -2.16. The Morgan fingerprint density at radius 1 is 1.32 bits per heavy atom. The first-order chi connectivity index (χ1) is 10.5. The molecule has 0 saturated heterocycles. The molecular weight excluding hydrogens is 349 g/mol. The van der Waals surface area contributed by atoms with Crippen LogP contribution in [-0.2, 0) is 0 Å². The number of rotatable bonds is 3. The van der Waals surface area contributed by atoms with Crippen molar-refractivity contribution in [3.8, 4) is 0 Å². The molecule has 0 amide bonds. The normalized spacial score (nSPS) is 12.3. The van der Waals surface area contributed by atoms with Crippen LogP contribution < -0.4 is 11.1 Å². The molecule has 0 fully saturated rings. The standard InChI is InChI=1S/C15H13BrFN5/c1-8(21-15-14(18)22-12(16)7-20-15)10-5-9-3-2-4-19-13(9)11(17)6-10/h2-8H,1H3,(H2,18,22)(H,20,21). The smallest absolute Gasteiger partial charge is 0.169 e. The highest BCUT2D eigenvalue weighted by molar-refractivity contribution is 9.10. The lowest BCUT2D eigenvalue weighted by molar-refractivity contribution is 0.633. The number of halogens is 2. The van der Waals surface area contributed by atoms with E-state index in [0.29, 0.717) is 15.9 Å². The predicted molar refractivity (Wildman–Crippen MR) is 87.9 cm³/mol. The van der Waals surface area contributed by atoms with E-state index in [1.165, 1.54) is 6.07 Å². The van der Waals surface area contributed by atoms with Crippen molar-refractivity contribution < 1.29 is 4.39 Å². The SMILES string of the molecule is CC(Nc1ncc(Br)nc1N)c1cc(F)c2ncccc2c1. The Balaban J connectivity index is 1.93. The first kappa shape index (κ1) is 14.6. The van der Waals surface area contributed by atoms with E-state index in [2.05, 4.69) is 36.2 Å². The maximum Gasteiger partial charge on any atom is 0.169 e. The van der Waals surface area contributed by atoms with Gasteiger partial charge < -0.3 is 11.1 Å². The van der Waals surface area contributed by atoms with Crippen molar-refractivity contribution >= 4 is 38.5 Å². The molecule has 2 heterocycles. The maximum absolute atomic E-state index is 14.1. The molecule has 0 aliphatic rings. The van der Waals surface area contributed by atoms with Crippen LogP contribution in [0.3, 0.4) is 0 Å². The van der Waals surface area contributed by atoms with Crippen molar-refractivity contribution in [2.24, 2.45) is 0 Å². The van der Waals surface area contributed by atoms with Crippen LogP contribution in [0.15, 0.2) is 41.3 Å². The summed E-state index contributed by atoms with van der Waals surface area (Å²) in [5.74, 6) is 0.392. The molecule has 22 heavy (non-hydrogen) atoms. The number of fused-ring (bicyclic) bond motifs is 1. The maximum atomic E-state index is 14.1. The van der Waals surface area contributed by atoms with Gasteiger partial charge in [-0.3, -0.25) is 4.98 Å². The zero-order valence-electron chi connectivity index (χ0n) is 11.7. The molecular formula is C15H13BrFN5. The molecule has 0 aliphatic heterocycles. The average molecular weight is 362 g/mol. The van der Waals surface area contributed by atoms with Crippen molar-refractivity contribution in [1.82, 2.24) is 15.0 Å². The van der Waals surface area contributed by atoms with E-state index in [1.807, 2.05) is 19.1 Å². The summed E-state index contributed by atoms with van der Waals surface area (Å²) in [5.41, 5.74) is 6.96. The lowest BCUT2D eigenvalue weighted by atomic mass is 10.0. The van der Waals surface area contributed by atoms with E-state index in [0.717, 1.165) is 10.9 Å². The Morgan fingerprint density at radius 3 is 2.91 bits per heavy atom. The molecule has 0 radical (unpaired) electrons. The third-order valence-electron chi connectivity index (χ3n) is 3.30. The van der Waals surface area contributed by atoms with Crippen molar-refractivity contribution in [1.29, 1.82) is 0 Å². The first-order valence-corrected chi connectivity index (χ1v) is 7.42. The van der Waals surface area contributed by atoms with Gasteiger partial charge in [-0.05, 0) is 46.6 Å². The van der Waals surface area contributed by atoms with E-state index in [1.54, 1.807) is 18.5 Å². The number of nitrogens with two attached hydrogens (primary N) is 1. The highest BCUT2D eigenvalue weighted by Crippen LogP contribution is 2.26. The quantitative estimate of drug-likeness (QED) is 0.743. The van der Waals surface area contributed by atoms with Crippen LogP contribution >= 0.6 is 15.9 Å². The van der Waals surface area contributed by atoms with Gasteiger partial charge in [-0.2, -0.15) is 0 Å². The van der Waals surface area contributed by atoms with Crippen LogP contribution in [0, 0.1) is 5.82 Å². The summed E-state index contributed by atoms with van der Waals surface area (Å²) in [5, 5.41) is 3.89. The van der Waals surface area contributed by atoms with E-state index < -0.39 is 0 Å². The Kier molecular flexibility index (Phi) is 3.89. The largest absolute Gasteiger partial charge is 0.381 e. The van der Waals surface area contributed by atoms with Crippen LogP contribution in [0.2, 0.25) is 0 Å². The fourth-order valence-corrected chi connectivity index (χ4v) is 2.49. The number of benzene rings is 1. The summed E-state index contributed by atoms with van der Waals surface area (Å²) in [6.07, 6.45) is 3.13. The lowest BCUT2D eigenvalue weighted by Crippen LogP contribution is -2.11. The number of anilines is 2. The zero-order valence-corrected chi connectivity index (χ0v) is 13.3. The molecule has 112 valence electrons. The van der Waals surface area contributed by atoms with Crippen LogP contribution in [0.25, 0.3) is 10.9 Å². The van der Waals surface area contributed by atoms with E-state index in [4.69, 9.17) is 5.73 Å². The van der Waals surface area contributed by atoms with Gasteiger partial charge in [-0.1, -0.05) is 6.07 Å². The summed E-state index contributed by atoms with van der Waals surface area (Å²) in [4.78, 5) is 12.3. The minimum atomic E-state index is -0.350. The van der Waals surface area contributed by atoms with Crippen LogP contribution in [-0.4, -0.2) is 15.0 Å².